The monoisotopic (exact) mass is 833 g/mol. The second-order valence-electron chi connectivity index (χ2n) is 17.6. The summed E-state index contributed by atoms with van der Waals surface area (Å²) in [5.41, 5.74) is 2.15. The Morgan fingerprint density at radius 3 is 0.667 bits per heavy atom. The molecule has 1 aliphatic carbocycles. The number of ketones is 2. The van der Waals surface area contributed by atoms with Crippen molar-refractivity contribution in [3.8, 4) is 34.1 Å². The van der Waals surface area contributed by atoms with Gasteiger partial charge in [-0.3, -0.25) is 9.59 Å². The average molecular weight is 833 g/mol. The largest absolute Gasteiger partial charge is 0.490 e. The van der Waals surface area contributed by atoms with E-state index in [2.05, 4.69) is 27.7 Å². The molecule has 0 spiro atoms. The van der Waals surface area contributed by atoms with Crippen molar-refractivity contribution in [3.63, 3.8) is 0 Å². The van der Waals surface area contributed by atoms with Crippen LogP contribution < -0.4 is 18.9 Å². The van der Waals surface area contributed by atoms with Gasteiger partial charge in [0.25, 0.3) is 0 Å². The third kappa shape index (κ3) is 20.2. The van der Waals surface area contributed by atoms with Crippen LogP contribution in [0.5, 0.6) is 23.0 Å². The smallest absolute Gasteiger partial charge is 0.234 e. The third-order valence-corrected chi connectivity index (χ3v) is 12.2. The summed E-state index contributed by atoms with van der Waals surface area (Å²) in [5, 5.41) is 0. The van der Waals surface area contributed by atoms with E-state index in [1.54, 1.807) is 12.1 Å². The Labute approximate surface area is 368 Å². The first-order chi connectivity index (χ1) is 29.5. The fraction of sp³-hybridized carbons (Fsp3) is 0.741. The Bertz CT molecular complexity index is 1320. The highest BCUT2D eigenvalue weighted by atomic mass is 16.5. The number of carbonyl (C=O) groups excluding carboxylic acids is 2. The Kier molecular flexibility index (Phi) is 28.7. The van der Waals surface area contributed by atoms with E-state index in [4.69, 9.17) is 18.9 Å². The van der Waals surface area contributed by atoms with E-state index in [0.717, 1.165) is 51.4 Å². The standard InChI is InChI=1S/C54H88O6/c1-5-9-13-17-21-25-29-33-37-57-49-41-45-46-42-50(58-38-34-30-26-22-18-14-10-6-2)52(60-40-36-32-28-24-20-16-12-8-4)44-48(46)54(56)53(55)47(45)43-51(49)59-39-35-31-27-23-19-15-11-7-3/h41-44H,5-40H2,1-4H3. The fourth-order valence-electron chi connectivity index (χ4n) is 8.31. The van der Waals surface area contributed by atoms with E-state index in [0.29, 0.717) is 71.7 Å². The lowest BCUT2D eigenvalue weighted by atomic mass is 9.83. The molecule has 0 bridgehead atoms. The van der Waals surface area contributed by atoms with Gasteiger partial charge in [-0.1, -0.05) is 207 Å². The van der Waals surface area contributed by atoms with Gasteiger partial charge in [-0.25, -0.2) is 0 Å². The minimum atomic E-state index is -0.509. The first-order valence-electron chi connectivity index (χ1n) is 25.5. The minimum absolute atomic E-state index is 0.375. The molecule has 6 nitrogen and oxygen atoms in total. The van der Waals surface area contributed by atoms with E-state index in [1.807, 2.05) is 12.1 Å². The van der Waals surface area contributed by atoms with Crippen molar-refractivity contribution in [1.82, 2.24) is 0 Å². The zero-order valence-corrected chi connectivity index (χ0v) is 39.2. The van der Waals surface area contributed by atoms with Crippen molar-refractivity contribution in [2.45, 2.75) is 233 Å². The number of hydrogen-bond donors (Lipinski definition) is 0. The molecular weight excluding hydrogens is 745 g/mol. The van der Waals surface area contributed by atoms with Crippen molar-refractivity contribution < 1.29 is 28.5 Å². The number of fused-ring (bicyclic) bond motifs is 3. The second kappa shape index (κ2) is 33.6. The van der Waals surface area contributed by atoms with Crippen molar-refractivity contribution >= 4 is 11.6 Å². The normalized spacial score (nSPS) is 12.1. The molecule has 1 aliphatic rings. The summed E-state index contributed by atoms with van der Waals surface area (Å²) in [6, 6.07) is 7.41. The van der Waals surface area contributed by atoms with Gasteiger partial charge in [0.2, 0.25) is 11.6 Å². The molecular formula is C54H88O6. The van der Waals surface area contributed by atoms with Gasteiger partial charge in [0.05, 0.1) is 26.4 Å². The molecule has 0 radical (unpaired) electrons. The van der Waals surface area contributed by atoms with Crippen LogP contribution in [-0.4, -0.2) is 38.0 Å². The van der Waals surface area contributed by atoms with Crippen LogP contribution in [0.25, 0.3) is 11.1 Å². The summed E-state index contributed by atoms with van der Waals surface area (Å²) in [5.74, 6) is 1.37. The summed E-state index contributed by atoms with van der Waals surface area (Å²) >= 11 is 0. The van der Waals surface area contributed by atoms with Crippen molar-refractivity contribution in [3.05, 3.63) is 35.4 Å². The quantitative estimate of drug-likeness (QED) is 0.0492. The maximum absolute atomic E-state index is 13.9. The Morgan fingerprint density at radius 1 is 0.267 bits per heavy atom. The molecule has 0 aliphatic heterocycles. The molecule has 0 amide bonds. The van der Waals surface area contributed by atoms with Crippen LogP contribution in [0.4, 0.5) is 0 Å². The molecule has 2 aromatic carbocycles. The molecule has 0 heterocycles. The van der Waals surface area contributed by atoms with Crippen LogP contribution >= 0.6 is 0 Å². The maximum atomic E-state index is 13.9. The van der Waals surface area contributed by atoms with Crippen molar-refractivity contribution in [1.29, 1.82) is 0 Å². The average Bonchev–Trinajstić information content (AvgIpc) is 3.26. The second-order valence-corrected chi connectivity index (χ2v) is 17.6. The number of ether oxygens (including phenoxy) is 4. The van der Waals surface area contributed by atoms with Gasteiger partial charge < -0.3 is 18.9 Å². The van der Waals surface area contributed by atoms with E-state index in [1.165, 1.54) is 154 Å². The Hall–Kier alpha value is -3.02. The Morgan fingerprint density at radius 2 is 0.450 bits per heavy atom. The fourth-order valence-corrected chi connectivity index (χ4v) is 8.31. The van der Waals surface area contributed by atoms with Gasteiger partial charge in [-0.05, 0) is 61.1 Å². The zero-order valence-electron chi connectivity index (χ0n) is 39.2. The first kappa shape index (κ1) is 51.3. The third-order valence-electron chi connectivity index (χ3n) is 12.2. The van der Waals surface area contributed by atoms with Crippen LogP contribution in [0.3, 0.4) is 0 Å². The van der Waals surface area contributed by atoms with E-state index < -0.39 is 11.6 Å². The predicted octanol–water partition coefficient (Wildman–Crippen LogP) is 16.8. The van der Waals surface area contributed by atoms with Gasteiger partial charge in [-0.2, -0.15) is 0 Å². The molecule has 0 atom stereocenters. The van der Waals surface area contributed by atoms with Crippen LogP contribution in [-0.2, 0) is 0 Å². The molecule has 0 fully saturated rings. The zero-order chi connectivity index (χ0) is 42.9. The van der Waals surface area contributed by atoms with E-state index >= 15 is 0 Å². The molecule has 0 aromatic heterocycles. The van der Waals surface area contributed by atoms with Gasteiger partial charge in [0, 0.05) is 11.1 Å². The topological polar surface area (TPSA) is 71.1 Å². The van der Waals surface area contributed by atoms with Crippen molar-refractivity contribution in [2.75, 3.05) is 26.4 Å². The highest BCUT2D eigenvalue weighted by Crippen LogP contribution is 2.45. The maximum Gasteiger partial charge on any atom is 0.234 e. The van der Waals surface area contributed by atoms with E-state index in [-0.39, 0.29) is 0 Å². The van der Waals surface area contributed by atoms with Gasteiger partial charge >= 0.3 is 0 Å². The van der Waals surface area contributed by atoms with Crippen LogP contribution in [0.2, 0.25) is 0 Å². The molecule has 6 heteroatoms. The Balaban J connectivity index is 1.79. The molecule has 3 rings (SSSR count). The molecule has 0 unspecified atom stereocenters. The molecule has 340 valence electrons. The van der Waals surface area contributed by atoms with E-state index in [9.17, 15) is 9.59 Å². The number of rotatable bonds is 40. The molecule has 0 N–H and O–H groups in total. The highest BCUT2D eigenvalue weighted by Gasteiger charge is 2.34. The summed E-state index contributed by atoms with van der Waals surface area (Å²) < 4.78 is 25.7. The number of hydrogen-bond acceptors (Lipinski definition) is 6. The lowest BCUT2D eigenvalue weighted by Gasteiger charge is -2.23. The summed E-state index contributed by atoms with van der Waals surface area (Å²) in [4.78, 5) is 27.7. The minimum Gasteiger partial charge on any atom is -0.490 e. The lowest BCUT2D eigenvalue weighted by Crippen LogP contribution is -2.22. The van der Waals surface area contributed by atoms with Crippen LogP contribution in [0.15, 0.2) is 24.3 Å². The first-order valence-corrected chi connectivity index (χ1v) is 25.5. The molecule has 60 heavy (non-hydrogen) atoms. The highest BCUT2D eigenvalue weighted by molar-refractivity contribution is 6.53. The summed E-state index contributed by atoms with van der Waals surface area (Å²) in [7, 11) is 0. The number of carbonyl (C=O) groups is 2. The van der Waals surface area contributed by atoms with Gasteiger partial charge in [0.15, 0.2) is 23.0 Å². The summed E-state index contributed by atoms with van der Waals surface area (Å²) in [6.07, 6.45) is 39.0. The number of unbranched alkanes of at least 4 members (excludes halogenated alkanes) is 28. The molecule has 2 aromatic rings. The van der Waals surface area contributed by atoms with Crippen LogP contribution in [0, 0.1) is 0 Å². The number of benzene rings is 2. The predicted molar refractivity (Wildman–Crippen MR) is 253 cm³/mol. The van der Waals surface area contributed by atoms with Crippen molar-refractivity contribution in [2.24, 2.45) is 0 Å². The lowest BCUT2D eigenvalue weighted by molar-refractivity contribution is 0.0814. The molecule has 0 saturated heterocycles. The molecule has 0 saturated carbocycles. The number of Topliss-reactive ketones (excluding diaryl/α,β-unsaturated/α-hetero) is 2. The van der Waals surface area contributed by atoms with Crippen LogP contribution in [0.1, 0.15) is 254 Å². The SMILES string of the molecule is CCCCCCCCCCOc1cc2c(cc1OCCCCCCCCCC)-c1cc(OCCCCCCCCCC)c(OCCCCCCCCCC)cc1C(=O)C2=O. The van der Waals surface area contributed by atoms with Gasteiger partial charge in [0.1, 0.15) is 0 Å². The summed E-state index contributed by atoms with van der Waals surface area (Å²) in [6.45, 7) is 11.3. The van der Waals surface area contributed by atoms with Gasteiger partial charge in [-0.15, -0.1) is 0 Å².